The molecule has 0 heterocycles. The first-order valence-electron chi connectivity index (χ1n) is 44.5. The zero-order chi connectivity index (χ0) is 80.8. The number of unbranched alkanes of at least 4 members (excludes halogenated alkanes) is 39. The van der Waals surface area contributed by atoms with Crippen molar-refractivity contribution >= 4 is 33.6 Å². The van der Waals surface area contributed by atoms with E-state index in [0.29, 0.717) is 19.3 Å². The number of hydrogen-bond donors (Lipinski definition) is 4. The molecule has 0 fully saturated rings. The monoisotopic (exact) mass is 1600 g/mol. The fourth-order valence-electron chi connectivity index (χ4n) is 12.1. The highest BCUT2D eigenvalue weighted by atomic mass is 31.2. The largest absolute Gasteiger partial charge is 0.472 e. The van der Waals surface area contributed by atoms with E-state index in [4.69, 9.17) is 32.3 Å². The molecule has 0 aromatic carbocycles. The predicted octanol–water partition coefficient (Wildman–Crippen LogP) is 27.0. The Morgan fingerprint density at radius 1 is 0.261 bits per heavy atom. The van der Waals surface area contributed by atoms with Crippen LogP contribution in [0.4, 0.5) is 0 Å². The van der Waals surface area contributed by atoms with Crippen LogP contribution in [-0.4, -0.2) is 95.9 Å². The van der Waals surface area contributed by atoms with E-state index < -0.39 is 91.5 Å². The Labute approximate surface area is 677 Å². The van der Waals surface area contributed by atoms with Gasteiger partial charge in [-0.15, -0.1) is 0 Å². The normalized spacial score (nSPS) is 14.5. The molecule has 0 saturated heterocycles. The van der Waals surface area contributed by atoms with Crippen LogP contribution in [0.25, 0.3) is 0 Å². The summed E-state index contributed by atoms with van der Waals surface area (Å²) in [7, 11) is -9.80. The maximum Gasteiger partial charge on any atom is 0.472 e. The Kier molecular flexibility index (Phi) is 81.8. The highest BCUT2D eigenvalue weighted by Gasteiger charge is 2.29. The van der Waals surface area contributed by atoms with Crippen molar-refractivity contribution in [3.63, 3.8) is 0 Å². The summed E-state index contributed by atoms with van der Waals surface area (Å²) in [5.74, 6) is -1.58. The molecule has 0 aliphatic rings. The molecule has 16 nitrogen and oxygen atoms in total. The summed E-state index contributed by atoms with van der Waals surface area (Å²) in [5.41, 5.74) is 0. The van der Waals surface area contributed by atoms with Gasteiger partial charge in [-0.2, -0.15) is 0 Å². The molecule has 0 rings (SSSR count). The Bertz CT molecular complexity index is 2550. The van der Waals surface area contributed by atoms with Crippen molar-refractivity contribution in [3.05, 3.63) is 134 Å². The minimum Gasteiger partial charge on any atom is -0.463 e. The molecule has 0 aliphatic carbocycles. The zero-order valence-electron chi connectivity index (χ0n) is 70.4. The SMILES string of the molecule is CC/C=C\C/C=C\C/C=C\C/C=C\C/C=C\C/C=C\CCCCCCCCCCC(=O)OCC(COP(=O)(O)OCC(O)COP(=O)(O)OCC(O)COC(=O)CCCCCCCCCCCCCCCCCCCCC/C=C\C/C=C\C/C=C\C/C=C\CCCCC)OC(=O)CCCCCCC/C=C\CCCCCC. The van der Waals surface area contributed by atoms with Gasteiger partial charge in [0.15, 0.2) is 6.10 Å². The molecular formula is C93H162O16P2. The van der Waals surface area contributed by atoms with E-state index in [1.165, 1.54) is 167 Å². The van der Waals surface area contributed by atoms with Crippen LogP contribution in [0.5, 0.6) is 0 Å². The van der Waals surface area contributed by atoms with Gasteiger partial charge in [0, 0.05) is 19.3 Å². The number of allylic oxidation sites excluding steroid dienone is 22. The number of phosphoric acid groups is 2. The molecule has 18 heteroatoms. The number of aliphatic hydroxyl groups excluding tert-OH is 2. The second-order valence-corrected chi connectivity index (χ2v) is 32.6. The standard InChI is InChI=1S/C93H162O16P2/c1-4-7-10-13-16-19-22-25-27-29-31-33-35-37-39-40-41-42-43-44-45-46-48-50-51-53-55-57-59-62-64-67-70-73-76-79-91(96)103-82-88(94)83-105-110(99,100)106-84-89(95)85-107-111(101,102)108-87-90(109-93(98)81-78-75-72-69-66-61-24-21-18-15-12-9-6-3)86-104-92(97)80-77-74-71-68-65-63-60-58-56-54-52-49-47-38-36-34-32-30-28-26-23-20-17-14-11-8-5-2/h8,11,16-17,19-21,24-28,31-34,37-39,47,52,54,88-90,94-95H,4-7,9-10,12-15,18,22-23,29-30,35-36,40-46,48-51,53,55-87H2,1-3H3,(H,99,100)(H,101,102)/b11-8-,19-16-,20-17-,24-21-,27-25-,28-26-,33-31-,34-32-,39-37-,47-38-,54-52-. The van der Waals surface area contributed by atoms with Crippen LogP contribution in [0, 0.1) is 0 Å². The molecule has 0 aromatic heterocycles. The van der Waals surface area contributed by atoms with Gasteiger partial charge >= 0.3 is 33.6 Å². The van der Waals surface area contributed by atoms with E-state index in [1.807, 2.05) is 0 Å². The Balaban J connectivity index is 4.40. The molecule has 0 spiro atoms. The number of ether oxygens (including phenoxy) is 3. The molecule has 4 N–H and O–H groups in total. The summed E-state index contributed by atoms with van der Waals surface area (Å²) in [6.45, 7) is 2.54. The molecular weight excluding hydrogens is 1430 g/mol. The fraction of sp³-hybridized carbons (Fsp3) is 0.731. The minimum atomic E-state index is -4.94. The number of esters is 3. The van der Waals surface area contributed by atoms with Crippen molar-refractivity contribution in [1.82, 2.24) is 0 Å². The second kappa shape index (κ2) is 85.1. The van der Waals surface area contributed by atoms with E-state index in [2.05, 4.69) is 154 Å². The number of rotatable bonds is 84. The molecule has 0 bridgehead atoms. The highest BCUT2D eigenvalue weighted by molar-refractivity contribution is 7.47. The minimum absolute atomic E-state index is 0.0911. The average Bonchev–Trinajstić information content (AvgIpc) is 0.918. The number of aliphatic hydroxyl groups is 2. The van der Waals surface area contributed by atoms with Crippen molar-refractivity contribution in [1.29, 1.82) is 0 Å². The van der Waals surface area contributed by atoms with Gasteiger partial charge in [0.25, 0.3) is 0 Å². The fourth-order valence-corrected chi connectivity index (χ4v) is 13.7. The van der Waals surface area contributed by atoms with Crippen LogP contribution in [0.1, 0.15) is 380 Å². The molecule has 5 atom stereocenters. The zero-order valence-corrected chi connectivity index (χ0v) is 72.1. The van der Waals surface area contributed by atoms with Crippen LogP contribution in [0.3, 0.4) is 0 Å². The number of carbonyl (C=O) groups is 3. The summed E-state index contributed by atoms with van der Waals surface area (Å²) in [5, 5.41) is 20.7. The summed E-state index contributed by atoms with van der Waals surface area (Å²) in [4.78, 5) is 58.8. The summed E-state index contributed by atoms with van der Waals surface area (Å²) >= 11 is 0. The van der Waals surface area contributed by atoms with Crippen molar-refractivity contribution in [3.8, 4) is 0 Å². The van der Waals surface area contributed by atoms with E-state index in [-0.39, 0.29) is 19.3 Å². The van der Waals surface area contributed by atoms with Gasteiger partial charge in [-0.3, -0.25) is 32.5 Å². The topological polar surface area (TPSA) is 231 Å². The van der Waals surface area contributed by atoms with Gasteiger partial charge in [0.1, 0.15) is 25.4 Å². The van der Waals surface area contributed by atoms with Gasteiger partial charge in [-0.25, -0.2) is 9.13 Å². The molecule has 640 valence electrons. The highest BCUT2D eigenvalue weighted by Crippen LogP contribution is 2.45. The smallest absolute Gasteiger partial charge is 0.463 e. The molecule has 0 aliphatic heterocycles. The Morgan fingerprint density at radius 2 is 0.477 bits per heavy atom. The summed E-state index contributed by atoms with van der Waals surface area (Å²) in [6.07, 6.45) is 105. The molecule has 0 saturated carbocycles. The molecule has 5 unspecified atom stereocenters. The van der Waals surface area contributed by atoms with Crippen molar-refractivity contribution in [2.24, 2.45) is 0 Å². The van der Waals surface area contributed by atoms with Crippen molar-refractivity contribution in [2.75, 3.05) is 39.6 Å². The lowest BCUT2D eigenvalue weighted by Gasteiger charge is -2.21. The lowest BCUT2D eigenvalue weighted by atomic mass is 10.0. The number of phosphoric ester groups is 2. The van der Waals surface area contributed by atoms with Crippen LogP contribution in [-0.2, 0) is 55.8 Å². The van der Waals surface area contributed by atoms with Crippen LogP contribution >= 0.6 is 15.6 Å². The van der Waals surface area contributed by atoms with Crippen LogP contribution in [0.15, 0.2) is 134 Å². The van der Waals surface area contributed by atoms with E-state index >= 15 is 0 Å². The summed E-state index contributed by atoms with van der Waals surface area (Å²) < 4.78 is 61.3. The number of carbonyl (C=O) groups excluding carboxylic acids is 3. The van der Waals surface area contributed by atoms with Gasteiger partial charge in [-0.1, -0.05) is 353 Å². The van der Waals surface area contributed by atoms with E-state index in [0.717, 1.165) is 154 Å². The predicted molar refractivity (Wildman–Crippen MR) is 463 cm³/mol. The Morgan fingerprint density at radius 3 is 0.784 bits per heavy atom. The third-order valence-electron chi connectivity index (χ3n) is 18.8. The van der Waals surface area contributed by atoms with Crippen molar-refractivity contribution in [2.45, 2.75) is 399 Å². The lowest BCUT2D eigenvalue weighted by molar-refractivity contribution is -0.161. The first kappa shape index (κ1) is 107. The quantitative estimate of drug-likeness (QED) is 0.0146. The van der Waals surface area contributed by atoms with Crippen molar-refractivity contribution < 1.29 is 75.8 Å². The third-order valence-corrected chi connectivity index (χ3v) is 20.7. The maximum absolute atomic E-state index is 13.0. The first-order valence-corrected chi connectivity index (χ1v) is 47.5. The van der Waals surface area contributed by atoms with E-state index in [1.54, 1.807) is 0 Å². The first-order chi connectivity index (χ1) is 54.2. The van der Waals surface area contributed by atoms with Gasteiger partial charge < -0.3 is 34.2 Å². The van der Waals surface area contributed by atoms with Gasteiger partial charge in [-0.05, 0) is 141 Å². The van der Waals surface area contributed by atoms with Gasteiger partial charge in [0.05, 0.1) is 26.4 Å². The third kappa shape index (κ3) is 86.4. The van der Waals surface area contributed by atoms with Gasteiger partial charge in [0.2, 0.25) is 0 Å². The molecule has 0 amide bonds. The van der Waals surface area contributed by atoms with Crippen LogP contribution < -0.4 is 0 Å². The second-order valence-electron chi connectivity index (χ2n) is 29.7. The Hall–Kier alpha value is -4.31. The molecule has 0 radical (unpaired) electrons. The van der Waals surface area contributed by atoms with E-state index in [9.17, 15) is 43.5 Å². The molecule has 111 heavy (non-hydrogen) atoms. The molecule has 0 aromatic rings. The summed E-state index contributed by atoms with van der Waals surface area (Å²) in [6, 6.07) is 0. The number of hydrogen-bond acceptors (Lipinski definition) is 14. The maximum atomic E-state index is 13.0. The lowest BCUT2D eigenvalue weighted by Crippen LogP contribution is -2.30. The van der Waals surface area contributed by atoms with Crippen LogP contribution in [0.2, 0.25) is 0 Å². The average molecular weight is 1600 g/mol.